The molecule has 0 aliphatic rings. The Morgan fingerprint density at radius 1 is 1.38 bits per heavy atom. The molecule has 1 nitrogen and oxygen atoms in total. The Bertz CT molecular complexity index is 136. The Morgan fingerprint density at radius 2 is 2.08 bits per heavy atom. The second-order valence-electron chi connectivity index (χ2n) is 4.13. The summed E-state index contributed by atoms with van der Waals surface area (Å²) in [5, 5.41) is 3.32. The summed E-state index contributed by atoms with van der Waals surface area (Å²) in [6, 6.07) is 0. The highest BCUT2D eigenvalue weighted by molar-refractivity contribution is 4.97. The summed E-state index contributed by atoms with van der Waals surface area (Å²) in [5.74, 6) is 0.831. The largest absolute Gasteiger partial charge is 0.317 e. The molecule has 0 aromatic rings. The molecule has 0 amide bonds. The molecule has 0 heterocycles. The molecule has 0 atom stereocenters. The highest BCUT2D eigenvalue weighted by Crippen LogP contribution is 2.10. The summed E-state index contributed by atoms with van der Waals surface area (Å²) in [7, 11) is 0. The molecule has 0 saturated carbocycles. The molecule has 1 N–H and O–H groups in total. The van der Waals surface area contributed by atoms with Crippen molar-refractivity contribution >= 4 is 0 Å². The van der Waals surface area contributed by atoms with Crippen molar-refractivity contribution in [2.75, 3.05) is 13.1 Å². The fraction of sp³-hybridized carbons (Fsp3) is 0.833. The molecule has 0 unspecified atom stereocenters. The van der Waals surface area contributed by atoms with Crippen LogP contribution in [-0.4, -0.2) is 13.1 Å². The van der Waals surface area contributed by atoms with Gasteiger partial charge in [0.15, 0.2) is 0 Å². The van der Waals surface area contributed by atoms with E-state index in [-0.39, 0.29) is 0 Å². The van der Waals surface area contributed by atoms with E-state index in [1.165, 1.54) is 19.3 Å². The minimum atomic E-state index is 0.831. The summed E-state index contributed by atoms with van der Waals surface area (Å²) in [6.07, 6.45) is 6.14. The number of hydrogen-bond acceptors (Lipinski definition) is 1. The van der Waals surface area contributed by atoms with Crippen molar-refractivity contribution in [3.8, 4) is 0 Å². The molecule has 13 heavy (non-hydrogen) atoms. The lowest BCUT2D eigenvalue weighted by molar-refractivity contribution is 0.583. The van der Waals surface area contributed by atoms with E-state index in [0.29, 0.717) is 0 Å². The normalized spacial score (nSPS) is 12.5. The van der Waals surface area contributed by atoms with Gasteiger partial charge in [-0.25, -0.2) is 0 Å². The van der Waals surface area contributed by atoms with Crippen LogP contribution in [0.2, 0.25) is 0 Å². The monoisotopic (exact) mass is 183 g/mol. The molecular formula is C12H25N. The van der Waals surface area contributed by atoms with Crippen LogP contribution in [0, 0.1) is 5.92 Å². The lowest BCUT2D eigenvalue weighted by atomic mass is 10.0. The van der Waals surface area contributed by atoms with Crippen LogP contribution in [0.4, 0.5) is 0 Å². The van der Waals surface area contributed by atoms with Crippen LogP contribution in [0.25, 0.3) is 0 Å². The van der Waals surface area contributed by atoms with E-state index in [9.17, 15) is 0 Å². The standard InChI is InChI=1S/C12H25N/c1-5-13-10-6-7-12(4)9-8-11(2)3/h7,11,13H,5-6,8-10H2,1-4H3. The molecular weight excluding hydrogens is 158 g/mol. The van der Waals surface area contributed by atoms with Crippen LogP contribution in [0.5, 0.6) is 0 Å². The first kappa shape index (κ1) is 12.7. The van der Waals surface area contributed by atoms with Gasteiger partial charge in [-0.1, -0.05) is 32.4 Å². The van der Waals surface area contributed by atoms with Gasteiger partial charge in [0.25, 0.3) is 0 Å². The maximum Gasteiger partial charge on any atom is -0.00143 e. The molecule has 0 aromatic carbocycles. The van der Waals surface area contributed by atoms with Gasteiger partial charge in [-0.2, -0.15) is 0 Å². The van der Waals surface area contributed by atoms with Gasteiger partial charge in [-0.15, -0.1) is 0 Å². The Labute approximate surface area is 83.6 Å². The van der Waals surface area contributed by atoms with Crippen LogP contribution >= 0.6 is 0 Å². The molecule has 0 aromatic heterocycles. The molecule has 0 aliphatic carbocycles. The third-order valence-corrected chi connectivity index (χ3v) is 2.18. The van der Waals surface area contributed by atoms with Crippen molar-refractivity contribution in [3.63, 3.8) is 0 Å². The molecule has 0 spiro atoms. The van der Waals surface area contributed by atoms with E-state index >= 15 is 0 Å². The SMILES string of the molecule is CCNCCC=C(C)CCC(C)C. The average Bonchev–Trinajstić information content (AvgIpc) is 2.09. The van der Waals surface area contributed by atoms with Gasteiger partial charge < -0.3 is 5.32 Å². The van der Waals surface area contributed by atoms with Crippen LogP contribution in [0.1, 0.15) is 47.0 Å². The van der Waals surface area contributed by atoms with Gasteiger partial charge in [0, 0.05) is 0 Å². The predicted octanol–water partition coefficient (Wildman–Crippen LogP) is 3.37. The molecule has 78 valence electrons. The molecule has 1 heteroatoms. The minimum Gasteiger partial charge on any atom is -0.317 e. The van der Waals surface area contributed by atoms with Crippen LogP contribution in [0.3, 0.4) is 0 Å². The minimum absolute atomic E-state index is 0.831. The Hall–Kier alpha value is -0.300. The summed E-state index contributed by atoms with van der Waals surface area (Å²) < 4.78 is 0. The molecule has 0 aliphatic heterocycles. The highest BCUT2D eigenvalue weighted by Gasteiger charge is 1.94. The van der Waals surface area contributed by atoms with E-state index in [4.69, 9.17) is 0 Å². The van der Waals surface area contributed by atoms with Gasteiger partial charge in [0.1, 0.15) is 0 Å². The summed E-state index contributed by atoms with van der Waals surface area (Å²) in [6.45, 7) is 11.2. The lowest BCUT2D eigenvalue weighted by Gasteiger charge is -2.04. The van der Waals surface area contributed by atoms with E-state index in [1.807, 2.05) is 0 Å². The van der Waals surface area contributed by atoms with Gasteiger partial charge in [-0.3, -0.25) is 0 Å². The third kappa shape index (κ3) is 9.62. The maximum atomic E-state index is 3.32. The van der Waals surface area contributed by atoms with Gasteiger partial charge in [-0.05, 0) is 45.2 Å². The summed E-state index contributed by atoms with van der Waals surface area (Å²) in [4.78, 5) is 0. The van der Waals surface area contributed by atoms with Crippen LogP contribution in [0.15, 0.2) is 11.6 Å². The van der Waals surface area contributed by atoms with Gasteiger partial charge in [0.2, 0.25) is 0 Å². The van der Waals surface area contributed by atoms with Crippen molar-refractivity contribution in [3.05, 3.63) is 11.6 Å². The van der Waals surface area contributed by atoms with Crippen molar-refractivity contribution in [2.24, 2.45) is 5.92 Å². The van der Waals surface area contributed by atoms with E-state index in [0.717, 1.165) is 19.0 Å². The zero-order valence-electron chi connectivity index (χ0n) is 9.69. The number of hydrogen-bond donors (Lipinski definition) is 1. The summed E-state index contributed by atoms with van der Waals surface area (Å²) in [5.41, 5.74) is 1.55. The molecule has 0 rings (SSSR count). The van der Waals surface area contributed by atoms with E-state index in [2.05, 4.69) is 39.1 Å². The predicted molar refractivity (Wildman–Crippen MR) is 61.0 cm³/mol. The first-order valence-corrected chi connectivity index (χ1v) is 5.53. The Balaban J connectivity index is 3.40. The Kier molecular flexibility index (Phi) is 8.11. The average molecular weight is 183 g/mol. The first-order chi connectivity index (χ1) is 6.16. The van der Waals surface area contributed by atoms with Crippen molar-refractivity contribution in [1.82, 2.24) is 5.32 Å². The smallest absolute Gasteiger partial charge is 0.00143 e. The fourth-order valence-corrected chi connectivity index (χ4v) is 1.22. The maximum absolute atomic E-state index is 3.32. The number of nitrogens with one attached hydrogen (secondary N) is 1. The molecule has 0 saturated heterocycles. The van der Waals surface area contributed by atoms with Crippen molar-refractivity contribution in [1.29, 1.82) is 0 Å². The van der Waals surface area contributed by atoms with E-state index in [1.54, 1.807) is 5.57 Å². The fourth-order valence-electron chi connectivity index (χ4n) is 1.22. The highest BCUT2D eigenvalue weighted by atomic mass is 14.8. The number of rotatable bonds is 7. The number of allylic oxidation sites excluding steroid dienone is 1. The zero-order valence-corrected chi connectivity index (χ0v) is 9.69. The lowest BCUT2D eigenvalue weighted by Crippen LogP contribution is -2.13. The molecule has 0 radical (unpaired) electrons. The summed E-state index contributed by atoms with van der Waals surface area (Å²) >= 11 is 0. The topological polar surface area (TPSA) is 12.0 Å². The van der Waals surface area contributed by atoms with E-state index < -0.39 is 0 Å². The van der Waals surface area contributed by atoms with Gasteiger partial charge in [0.05, 0.1) is 0 Å². The zero-order chi connectivity index (χ0) is 10.1. The second kappa shape index (κ2) is 8.31. The Morgan fingerprint density at radius 3 is 2.62 bits per heavy atom. The first-order valence-electron chi connectivity index (χ1n) is 5.53. The molecule has 0 fully saturated rings. The molecule has 0 bridgehead atoms. The third-order valence-electron chi connectivity index (χ3n) is 2.18. The van der Waals surface area contributed by atoms with Crippen LogP contribution < -0.4 is 5.32 Å². The van der Waals surface area contributed by atoms with Crippen LogP contribution in [-0.2, 0) is 0 Å². The van der Waals surface area contributed by atoms with Crippen molar-refractivity contribution in [2.45, 2.75) is 47.0 Å². The second-order valence-corrected chi connectivity index (χ2v) is 4.13. The van der Waals surface area contributed by atoms with Gasteiger partial charge >= 0.3 is 0 Å². The quantitative estimate of drug-likeness (QED) is 0.471. The van der Waals surface area contributed by atoms with Crippen molar-refractivity contribution < 1.29 is 0 Å².